The summed E-state index contributed by atoms with van der Waals surface area (Å²) < 4.78 is 0. The van der Waals surface area contributed by atoms with Crippen LogP contribution in [-0.4, -0.2) is 11.4 Å². The molecule has 1 aromatic carbocycles. The number of rotatable bonds is 4. The number of hydrogen-bond acceptors (Lipinski definition) is 2. The molecule has 0 aliphatic carbocycles. The molecule has 1 aromatic rings. The van der Waals surface area contributed by atoms with Gasteiger partial charge in [-0.1, -0.05) is 23.8 Å². The van der Waals surface area contributed by atoms with Crippen LogP contribution in [0, 0.1) is 13.8 Å². The van der Waals surface area contributed by atoms with Crippen LogP contribution in [0.1, 0.15) is 49.9 Å². The van der Waals surface area contributed by atoms with Gasteiger partial charge < -0.3 is 11.1 Å². The van der Waals surface area contributed by atoms with E-state index < -0.39 is 5.54 Å². The average molecular weight is 248 g/mol. The monoisotopic (exact) mass is 248 g/mol. The van der Waals surface area contributed by atoms with Gasteiger partial charge in [0.15, 0.2) is 0 Å². The summed E-state index contributed by atoms with van der Waals surface area (Å²) in [6.07, 6.45) is 0.336. The van der Waals surface area contributed by atoms with E-state index in [1.165, 1.54) is 11.1 Å². The second-order valence-electron chi connectivity index (χ2n) is 5.81. The molecule has 0 saturated carbocycles. The summed E-state index contributed by atoms with van der Waals surface area (Å²) in [4.78, 5) is 11.8. The molecule has 0 aliphatic rings. The Balaban J connectivity index is 2.71. The number of amides is 1. The molecule has 0 heterocycles. The maximum Gasteiger partial charge on any atom is 0.222 e. The number of nitrogens with one attached hydrogen (secondary N) is 1. The second kappa shape index (κ2) is 5.53. The summed E-state index contributed by atoms with van der Waals surface area (Å²) in [6.45, 7) is 9.84. The Labute approximate surface area is 110 Å². The van der Waals surface area contributed by atoms with Crippen LogP contribution in [0.25, 0.3) is 0 Å². The number of hydrogen-bond donors (Lipinski definition) is 2. The van der Waals surface area contributed by atoms with Crippen LogP contribution in [-0.2, 0) is 4.79 Å². The number of carbonyl (C=O) groups is 1. The number of carbonyl (C=O) groups excluding carboxylic acids is 1. The molecular weight excluding hydrogens is 224 g/mol. The van der Waals surface area contributed by atoms with Crippen LogP contribution < -0.4 is 11.1 Å². The van der Waals surface area contributed by atoms with E-state index in [9.17, 15) is 4.79 Å². The van der Waals surface area contributed by atoms with Crippen LogP contribution in [0.2, 0.25) is 0 Å². The molecule has 0 fully saturated rings. The van der Waals surface area contributed by atoms with Gasteiger partial charge in [-0.05, 0) is 45.7 Å². The molecule has 1 atom stereocenters. The lowest BCUT2D eigenvalue weighted by molar-refractivity contribution is -0.122. The number of aryl methyl sites for hydroxylation is 2. The Kier molecular flexibility index (Phi) is 4.52. The van der Waals surface area contributed by atoms with Gasteiger partial charge in [0, 0.05) is 12.0 Å². The van der Waals surface area contributed by atoms with Crippen molar-refractivity contribution in [3.63, 3.8) is 0 Å². The minimum Gasteiger partial charge on any atom is -0.350 e. The zero-order valence-electron chi connectivity index (χ0n) is 12.0. The fraction of sp³-hybridized carbons (Fsp3) is 0.533. The standard InChI is InChI=1S/C15H24N2O/c1-10-6-7-13(11(2)8-10)12(3)17-14(18)9-15(4,5)16/h6-8,12H,9,16H2,1-5H3,(H,17,18). The van der Waals surface area contributed by atoms with Crippen molar-refractivity contribution in [2.45, 2.75) is 52.6 Å². The first-order chi connectivity index (χ1) is 8.19. The SMILES string of the molecule is Cc1ccc(C(C)NC(=O)CC(C)(C)N)c(C)c1. The first-order valence-electron chi connectivity index (χ1n) is 6.34. The van der Waals surface area contributed by atoms with Crippen molar-refractivity contribution in [2.24, 2.45) is 5.73 Å². The van der Waals surface area contributed by atoms with Crippen molar-refractivity contribution < 1.29 is 4.79 Å². The van der Waals surface area contributed by atoms with Crippen LogP contribution >= 0.6 is 0 Å². The molecule has 3 N–H and O–H groups in total. The first-order valence-corrected chi connectivity index (χ1v) is 6.34. The van der Waals surface area contributed by atoms with Gasteiger partial charge in [0.2, 0.25) is 5.91 Å². The molecule has 0 spiro atoms. The minimum atomic E-state index is -0.466. The highest BCUT2D eigenvalue weighted by molar-refractivity contribution is 5.77. The summed E-state index contributed by atoms with van der Waals surface area (Å²) in [5, 5.41) is 2.99. The highest BCUT2D eigenvalue weighted by Gasteiger charge is 2.18. The van der Waals surface area contributed by atoms with E-state index in [-0.39, 0.29) is 11.9 Å². The van der Waals surface area contributed by atoms with Crippen molar-refractivity contribution in [3.05, 3.63) is 34.9 Å². The van der Waals surface area contributed by atoms with Gasteiger partial charge in [0.05, 0.1) is 6.04 Å². The molecule has 1 rings (SSSR count). The molecular formula is C15H24N2O. The second-order valence-corrected chi connectivity index (χ2v) is 5.81. The van der Waals surface area contributed by atoms with E-state index in [0.29, 0.717) is 6.42 Å². The maximum absolute atomic E-state index is 11.8. The Morgan fingerprint density at radius 2 is 2.00 bits per heavy atom. The molecule has 100 valence electrons. The lowest BCUT2D eigenvalue weighted by Crippen LogP contribution is -2.39. The Bertz CT molecular complexity index is 433. The molecule has 1 unspecified atom stereocenters. The molecule has 1 amide bonds. The quantitative estimate of drug-likeness (QED) is 0.860. The van der Waals surface area contributed by atoms with E-state index in [2.05, 4.69) is 37.4 Å². The van der Waals surface area contributed by atoms with Gasteiger partial charge in [0.25, 0.3) is 0 Å². The van der Waals surface area contributed by atoms with Gasteiger partial charge in [-0.3, -0.25) is 4.79 Å². The van der Waals surface area contributed by atoms with Crippen molar-refractivity contribution in [2.75, 3.05) is 0 Å². The Morgan fingerprint density at radius 1 is 1.39 bits per heavy atom. The predicted octanol–water partition coefficient (Wildman–Crippen LogP) is 2.61. The highest BCUT2D eigenvalue weighted by atomic mass is 16.1. The van der Waals surface area contributed by atoms with Crippen LogP contribution in [0.3, 0.4) is 0 Å². The average Bonchev–Trinajstić information content (AvgIpc) is 2.13. The molecule has 0 bridgehead atoms. The number of benzene rings is 1. The zero-order valence-corrected chi connectivity index (χ0v) is 12.0. The van der Waals surface area contributed by atoms with E-state index in [4.69, 9.17) is 5.73 Å². The van der Waals surface area contributed by atoms with Gasteiger partial charge in [-0.25, -0.2) is 0 Å². The summed E-state index contributed by atoms with van der Waals surface area (Å²) >= 11 is 0. The van der Waals surface area contributed by atoms with Crippen molar-refractivity contribution in [3.8, 4) is 0 Å². The summed E-state index contributed by atoms with van der Waals surface area (Å²) in [6, 6.07) is 6.28. The van der Waals surface area contributed by atoms with Gasteiger partial charge >= 0.3 is 0 Å². The largest absolute Gasteiger partial charge is 0.350 e. The third-order valence-electron chi connectivity index (χ3n) is 2.89. The van der Waals surface area contributed by atoms with Gasteiger partial charge in [-0.15, -0.1) is 0 Å². The van der Waals surface area contributed by atoms with E-state index in [0.717, 1.165) is 5.56 Å². The van der Waals surface area contributed by atoms with Gasteiger partial charge in [-0.2, -0.15) is 0 Å². The smallest absolute Gasteiger partial charge is 0.222 e. The molecule has 0 saturated heterocycles. The van der Waals surface area contributed by atoms with E-state index in [1.54, 1.807) is 0 Å². The molecule has 18 heavy (non-hydrogen) atoms. The first kappa shape index (κ1) is 14.7. The summed E-state index contributed by atoms with van der Waals surface area (Å²) in [5.41, 5.74) is 8.97. The molecule has 0 aliphatic heterocycles. The van der Waals surface area contributed by atoms with Crippen molar-refractivity contribution >= 4 is 5.91 Å². The minimum absolute atomic E-state index is 0.00465. The maximum atomic E-state index is 11.8. The molecule has 3 nitrogen and oxygen atoms in total. The number of nitrogens with two attached hydrogens (primary N) is 1. The van der Waals surface area contributed by atoms with Crippen molar-refractivity contribution in [1.82, 2.24) is 5.32 Å². The van der Waals surface area contributed by atoms with Crippen molar-refractivity contribution in [1.29, 1.82) is 0 Å². The molecule has 3 heteroatoms. The Hall–Kier alpha value is -1.35. The molecule has 0 radical (unpaired) electrons. The molecule has 0 aromatic heterocycles. The van der Waals surface area contributed by atoms with Crippen LogP contribution in [0.4, 0.5) is 0 Å². The third-order valence-corrected chi connectivity index (χ3v) is 2.89. The lowest BCUT2D eigenvalue weighted by Gasteiger charge is -2.21. The predicted molar refractivity (Wildman–Crippen MR) is 75.4 cm³/mol. The Morgan fingerprint density at radius 3 is 2.50 bits per heavy atom. The highest BCUT2D eigenvalue weighted by Crippen LogP contribution is 2.19. The topological polar surface area (TPSA) is 55.1 Å². The zero-order chi connectivity index (χ0) is 13.9. The summed E-state index contributed by atoms with van der Waals surface area (Å²) in [7, 11) is 0. The normalized spacial score (nSPS) is 13.2. The van der Waals surface area contributed by atoms with E-state index in [1.807, 2.05) is 20.8 Å². The van der Waals surface area contributed by atoms with Crippen LogP contribution in [0.5, 0.6) is 0 Å². The van der Waals surface area contributed by atoms with Crippen LogP contribution in [0.15, 0.2) is 18.2 Å². The fourth-order valence-electron chi connectivity index (χ4n) is 2.10. The lowest BCUT2D eigenvalue weighted by atomic mass is 9.98. The van der Waals surface area contributed by atoms with E-state index >= 15 is 0 Å². The third kappa shape index (κ3) is 4.49. The summed E-state index contributed by atoms with van der Waals surface area (Å²) in [5.74, 6) is -0.00465. The fourth-order valence-corrected chi connectivity index (χ4v) is 2.10. The van der Waals surface area contributed by atoms with Gasteiger partial charge in [0.1, 0.15) is 0 Å².